The van der Waals surface area contributed by atoms with Crippen LogP contribution in [-0.2, 0) is 23.1 Å². The fourth-order valence-corrected chi connectivity index (χ4v) is 5.77. The largest absolute Gasteiger partial charge is 0.315 e. The molecule has 0 spiro atoms. The summed E-state index contributed by atoms with van der Waals surface area (Å²) in [7, 11) is -1.81. The van der Waals surface area contributed by atoms with Crippen LogP contribution in [0.2, 0.25) is 0 Å². The Morgan fingerprint density at radius 1 is 1.40 bits per heavy atom. The van der Waals surface area contributed by atoms with Crippen molar-refractivity contribution in [1.82, 2.24) is 15.0 Å². The van der Waals surface area contributed by atoms with Crippen molar-refractivity contribution in [2.45, 2.75) is 18.0 Å². The van der Waals surface area contributed by atoms with Gasteiger partial charge in [-0.05, 0) is 29.0 Å². The first-order valence-corrected chi connectivity index (χ1v) is 9.49. The van der Waals surface area contributed by atoms with Crippen molar-refractivity contribution in [3.05, 3.63) is 35.5 Å². The van der Waals surface area contributed by atoms with Crippen molar-refractivity contribution in [3.63, 3.8) is 0 Å². The summed E-state index contributed by atoms with van der Waals surface area (Å²) in [5, 5.41) is 4.57. The number of halogens is 1. The van der Waals surface area contributed by atoms with Gasteiger partial charge in [0.15, 0.2) is 0 Å². The van der Waals surface area contributed by atoms with Crippen LogP contribution in [0.15, 0.2) is 24.9 Å². The average Bonchev–Trinajstić information content (AvgIpc) is 2.94. The Hall–Kier alpha value is -0.520. The summed E-state index contributed by atoms with van der Waals surface area (Å²) in [6, 6.07) is 1.63. The fraction of sp³-hybridized carbons (Fsp3) is 0.300. The number of aromatic amines is 1. The molecule has 2 aromatic rings. The first-order valence-electron chi connectivity index (χ1n) is 5.51. The summed E-state index contributed by atoms with van der Waals surface area (Å²) in [5.74, 6) is 0. The molecule has 0 fully saturated rings. The molecule has 0 atom stereocenters. The second-order valence-corrected chi connectivity index (χ2v) is 8.91. The van der Waals surface area contributed by atoms with E-state index in [1.165, 1.54) is 11.3 Å². The first kappa shape index (κ1) is 15.9. The molecule has 0 aliphatic rings. The number of thiazole rings is 1. The van der Waals surface area contributed by atoms with E-state index in [9.17, 15) is 13.2 Å². The molecule has 6 nitrogen and oxygen atoms in total. The maximum Gasteiger partial charge on any atom is 0.304 e. The Kier molecular flexibility index (Phi) is 5.15. The normalized spacial score (nSPS) is 11.9. The zero-order valence-electron chi connectivity index (χ0n) is 10.4. The molecule has 2 aromatic heterocycles. The van der Waals surface area contributed by atoms with Crippen LogP contribution in [0, 0.1) is 0 Å². The summed E-state index contributed by atoms with van der Waals surface area (Å²) in [5.41, 5.74) is 0.547. The van der Waals surface area contributed by atoms with Crippen molar-refractivity contribution in [2.24, 2.45) is 0 Å². The van der Waals surface area contributed by atoms with Crippen LogP contribution >= 0.6 is 38.6 Å². The summed E-state index contributed by atoms with van der Waals surface area (Å²) in [6.45, 7) is 0.668. The van der Waals surface area contributed by atoms with Crippen molar-refractivity contribution in [2.75, 3.05) is 7.05 Å². The third kappa shape index (κ3) is 3.77. The van der Waals surface area contributed by atoms with Crippen molar-refractivity contribution < 1.29 is 8.42 Å². The molecule has 0 saturated carbocycles. The van der Waals surface area contributed by atoms with Gasteiger partial charge in [-0.25, -0.2) is 13.1 Å². The number of sulfonamides is 1. The van der Waals surface area contributed by atoms with Crippen LogP contribution in [0.4, 0.5) is 0 Å². The molecule has 0 unspecified atom stereocenters. The Bertz CT molecular complexity index is 747. The maximum atomic E-state index is 12.2. The average molecular weight is 398 g/mol. The Morgan fingerprint density at radius 3 is 2.75 bits per heavy atom. The standard InChI is InChI=1S/C10H12BrN3O3S3/c1-12-4-7-2-8(9(11)19-7)20(16,17)13-3-6-5-18-10(15)14-6/h2,5,12-13H,3-4H2,1H3,(H,14,15). The first-order chi connectivity index (χ1) is 9.42. The SMILES string of the molecule is CNCc1cc(S(=O)(=O)NCc2csc(=O)[nH]2)c(Br)s1. The highest BCUT2D eigenvalue weighted by Gasteiger charge is 2.20. The van der Waals surface area contributed by atoms with Crippen LogP contribution in [0.5, 0.6) is 0 Å². The lowest BCUT2D eigenvalue weighted by Crippen LogP contribution is -2.23. The Morgan fingerprint density at radius 2 is 2.15 bits per heavy atom. The van der Waals surface area contributed by atoms with Crippen LogP contribution in [0.3, 0.4) is 0 Å². The van der Waals surface area contributed by atoms with Crippen LogP contribution in [0.1, 0.15) is 10.6 Å². The minimum atomic E-state index is -3.61. The van der Waals surface area contributed by atoms with Gasteiger partial charge in [-0.2, -0.15) is 0 Å². The molecule has 2 heterocycles. The van der Waals surface area contributed by atoms with Crippen molar-refractivity contribution >= 4 is 48.6 Å². The van der Waals surface area contributed by atoms with E-state index in [0.717, 1.165) is 16.2 Å². The lowest BCUT2D eigenvalue weighted by Gasteiger charge is -2.04. The van der Waals surface area contributed by atoms with Gasteiger partial charge >= 0.3 is 4.87 Å². The molecule has 0 bridgehead atoms. The van der Waals surface area contributed by atoms with E-state index in [2.05, 4.69) is 31.0 Å². The van der Waals surface area contributed by atoms with E-state index >= 15 is 0 Å². The molecule has 3 N–H and O–H groups in total. The van der Waals surface area contributed by atoms with Gasteiger partial charge in [0.25, 0.3) is 0 Å². The highest BCUT2D eigenvalue weighted by Crippen LogP contribution is 2.31. The summed E-state index contributed by atoms with van der Waals surface area (Å²) in [6.07, 6.45) is 0. The van der Waals surface area contributed by atoms with E-state index < -0.39 is 10.0 Å². The highest BCUT2D eigenvalue weighted by molar-refractivity contribution is 9.11. The minimum Gasteiger partial charge on any atom is -0.315 e. The Labute approximate surface area is 132 Å². The minimum absolute atomic E-state index is 0.0602. The third-order valence-electron chi connectivity index (χ3n) is 2.37. The fourth-order valence-electron chi connectivity index (χ4n) is 1.49. The van der Waals surface area contributed by atoms with Crippen LogP contribution < -0.4 is 14.9 Å². The number of thiophene rings is 1. The van der Waals surface area contributed by atoms with E-state index in [4.69, 9.17) is 0 Å². The molecular weight excluding hydrogens is 386 g/mol. The van der Waals surface area contributed by atoms with Gasteiger partial charge in [0, 0.05) is 22.5 Å². The molecule has 0 aliphatic heterocycles. The third-order valence-corrected chi connectivity index (χ3v) is 6.74. The molecule has 20 heavy (non-hydrogen) atoms. The smallest absolute Gasteiger partial charge is 0.304 e. The van der Waals surface area contributed by atoms with E-state index in [1.807, 2.05) is 0 Å². The molecular formula is C10H12BrN3O3S3. The topological polar surface area (TPSA) is 91.1 Å². The molecule has 110 valence electrons. The van der Waals surface area contributed by atoms with Crippen molar-refractivity contribution in [3.8, 4) is 0 Å². The molecule has 0 aromatic carbocycles. The molecule has 2 rings (SSSR count). The highest BCUT2D eigenvalue weighted by atomic mass is 79.9. The summed E-state index contributed by atoms with van der Waals surface area (Å²) in [4.78, 5) is 14.5. The number of hydrogen-bond donors (Lipinski definition) is 3. The lowest BCUT2D eigenvalue weighted by molar-refractivity contribution is 0.580. The molecule has 0 amide bonds. The van der Waals surface area contributed by atoms with Crippen LogP contribution in [0.25, 0.3) is 0 Å². The molecule has 10 heteroatoms. The van der Waals surface area contributed by atoms with Gasteiger partial charge < -0.3 is 10.3 Å². The van der Waals surface area contributed by atoms with Crippen molar-refractivity contribution in [1.29, 1.82) is 0 Å². The van der Waals surface area contributed by atoms with Crippen LogP contribution in [-0.4, -0.2) is 20.4 Å². The second-order valence-electron chi connectivity index (χ2n) is 3.88. The predicted molar refractivity (Wildman–Crippen MR) is 83.7 cm³/mol. The number of H-pyrrole nitrogens is 1. The monoisotopic (exact) mass is 397 g/mol. The number of aromatic nitrogens is 1. The quantitative estimate of drug-likeness (QED) is 0.687. The van der Waals surface area contributed by atoms with E-state index in [-0.39, 0.29) is 16.3 Å². The number of rotatable bonds is 6. The zero-order valence-corrected chi connectivity index (χ0v) is 14.4. The predicted octanol–water partition coefficient (Wildman–Crippen LogP) is 1.46. The number of hydrogen-bond acceptors (Lipinski definition) is 6. The maximum absolute atomic E-state index is 12.2. The van der Waals surface area contributed by atoms with Gasteiger partial charge in [0.1, 0.15) is 4.90 Å². The van der Waals surface area contributed by atoms with Gasteiger partial charge in [-0.1, -0.05) is 11.3 Å². The zero-order chi connectivity index (χ0) is 14.8. The van der Waals surface area contributed by atoms with Gasteiger partial charge in [-0.3, -0.25) is 4.79 Å². The second kappa shape index (κ2) is 6.50. The van der Waals surface area contributed by atoms with Gasteiger partial charge in [0.2, 0.25) is 10.0 Å². The summed E-state index contributed by atoms with van der Waals surface area (Å²) >= 11 is 5.64. The van der Waals surface area contributed by atoms with Gasteiger partial charge in [-0.15, -0.1) is 11.3 Å². The van der Waals surface area contributed by atoms with E-state index in [1.54, 1.807) is 18.5 Å². The summed E-state index contributed by atoms with van der Waals surface area (Å²) < 4.78 is 27.4. The Balaban J connectivity index is 2.15. The molecule has 0 aliphatic carbocycles. The van der Waals surface area contributed by atoms with E-state index in [0.29, 0.717) is 16.0 Å². The molecule has 0 saturated heterocycles. The molecule has 0 radical (unpaired) electrons. The lowest BCUT2D eigenvalue weighted by atomic mass is 10.5. The number of nitrogens with one attached hydrogen (secondary N) is 3. The van der Waals surface area contributed by atoms with Gasteiger partial charge in [0.05, 0.1) is 10.3 Å².